The summed E-state index contributed by atoms with van der Waals surface area (Å²) >= 11 is 3.09. The molecule has 3 aromatic rings. The maximum Gasteiger partial charge on any atom is 0.259 e. The maximum atomic E-state index is 12.7. The number of aryl methyl sites for hydroxylation is 2. The minimum atomic E-state index is -0.252. The molecule has 7 nitrogen and oxygen atoms in total. The van der Waals surface area contributed by atoms with Crippen LogP contribution in [0.25, 0.3) is 10.2 Å². The highest BCUT2D eigenvalue weighted by atomic mass is 32.2. The number of carbonyl (C=O) groups is 1. The quantitative estimate of drug-likeness (QED) is 0.529. The molecular weight excluding hydrogens is 454 g/mol. The number of fused-ring (bicyclic) bond motifs is 3. The van der Waals surface area contributed by atoms with Crippen molar-refractivity contribution < 1.29 is 4.79 Å². The van der Waals surface area contributed by atoms with Gasteiger partial charge in [-0.15, -0.1) is 23.1 Å². The first kappa shape index (κ1) is 24.0. The summed E-state index contributed by atoms with van der Waals surface area (Å²) in [5.41, 5.74) is 1.72. The topological polar surface area (TPSA) is 92.7 Å². The lowest BCUT2D eigenvalue weighted by Crippen LogP contribution is -2.27. The molecular formula is C24H33N5O2S2. The lowest BCUT2D eigenvalue weighted by atomic mass is 9.92. The molecule has 0 atom stereocenters. The van der Waals surface area contributed by atoms with Gasteiger partial charge in [-0.1, -0.05) is 20.8 Å². The highest BCUT2D eigenvalue weighted by Gasteiger charge is 2.26. The van der Waals surface area contributed by atoms with Gasteiger partial charge in [-0.2, -0.15) is 5.10 Å². The number of nitrogens with one attached hydrogen (secondary N) is 2. The van der Waals surface area contributed by atoms with Crippen molar-refractivity contribution in [3.63, 3.8) is 0 Å². The molecule has 1 aliphatic rings. The summed E-state index contributed by atoms with van der Waals surface area (Å²) in [6.45, 7) is 12.5. The first-order chi connectivity index (χ1) is 15.4. The van der Waals surface area contributed by atoms with Crippen LogP contribution in [0.3, 0.4) is 0 Å². The van der Waals surface area contributed by atoms with Gasteiger partial charge in [0.25, 0.3) is 5.56 Å². The normalized spacial score (nSPS) is 14.5. The Labute approximate surface area is 202 Å². The number of hydrogen-bond acceptors (Lipinski definition) is 6. The Bertz CT molecular complexity index is 1240. The first-order valence-electron chi connectivity index (χ1n) is 11.5. The van der Waals surface area contributed by atoms with Crippen LogP contribution in [0.4, 0.5) is 5.82 Å². The van der Waals surface area contributed by atoms with Crippen molar-refractivity contribution in [2.24, 2.45) is 0 Å². The van der Waals surface area contributed by atoms with Gasteiger partial charge < -0.3 is 10.3 Å². The molecule has 1 amide bonds. The van der Waals surface area contributed by atoms with E-state index < -0.39 is 0 Å². The summed E-state index contributed by atoms with van der Waals surface area (Å²) in [6.07, 6.45) is 4.33. The van der Waals surface area contributed by atoms with Gasteiger partial charge in [-0.05, 0) is 52.0 Å². The van der Waals surface area contributed by atoms with Crippen molar-refractivity contribution in [1.29, 1.82) is 0 Å². The summed E-state index contributed by atoms with van der Waals surface area (Å²) in [7, 11) is 0. The van der Waals surface area contributed by atoms with Crippen LogP contribution in [0.5, 0.6) is 0 Å². The van der Waals surface area contributed by atoms with Crippen LogP contribution in [-0.4, -0.2) is 31.4 Å². The van der Waals surface area contributed by atoms with Crippen molar-refractivity contribution in [2.75, 3.05) is 11.1 Å². The number of carbonyl (C=O) groups excluding carboxylic acids is 1. The van der Waals surface area contributed by atoms with Crippen LogP contribution < -0.4 is 10.9 Å². The van der Waals surface area contributed by atoms with Crippen molar-refractivity contribution >= 4 is 45.0 Å². The zero-order valence-electron chi connectivity index (χ0n) is 20.3. The minimum absolute atomic E-state index is 0.0526. The minimum Gasteiger partial charge on any atom is -0.310 e. The van der Waals surface area contributed by atoms with Gasteiger partial charge in [-0.3, -0.25) is 9.59 Å². The second-order valence-corrected chi connectivity index (χ2v) is 12.8. The number of nitrogens with zero attached hydrogens (tertiary/aromatic N) is 3. The van der Waals surface area contributed by atoms with Gasteiger partial charge in [0.05, 0.1) is 28.1 Å². The Morgan fingerprint density at radius 2 is 1.94 bits per heavy atom. The van der Waals surface area contributed by atoms with Gasteiger partial charge in [-0.25, -0.2) is 9.67 Å². The smallest absolute Gasteiger partial charge is 0.259 e. The van der Waals surface area contributed by atoms with Crippen LogP contribution in [-0.2, 0) is 34.3 Å². The average molecular weight is 488 g/mol. The number of anilines is 1. The van der Waals surface area contributed by atoms with Gasteiger partial charge >= 0.3 is 0 Å². The van der Waals surface area contributed by atoms with Crippen LogP contribution in [0.1, 0.15) is 76.3 Å². The highest BCUT2D eigenvalue weighted by molar-refractivity contribution is 7.99. The van der Waals surface area contributed by atoms with E-state index in [4.69, 9.17) is 10.1 Å². The van der Waals surface area contributed by atoms with Crippen molar-refractivity contribution in [3.05, 3.63) is 38.4 Å². The molecule has 3 aromatic heterocycles. The van der Waals surface area contributed by atoms with Crippen molar-refractivity contribution in [2.45, 2.75) is 83.9 Å². The molecule has 0 saturated carbocycles. The monoisotopic (exact) mass is 487 g/mol. The molecule has 2 N–H and O–H groups in total. The zero-order valence-corrected chi connectivity index (χ0v) is 21.9. The van der Waals surface area contributed by atoms with E-state index in [1.165, 1.54) is 28.6 Å². The molecule has 1 aliphatic carbocycles. The second-order valence-electron chi connectivity index (χ2n) is 10.7. The Morgan fingerprint density at radius 3 is 2.64 bits per heavy atom. The van der Waals surface area contributed by atoms with Crippen LogP contribution in [0.2, 0.25) is 0 Å². The standard InChI is InChI=1S/C24H33N5O2S2/c1-23(2,3)16-11-18(29(28-16)24(4,5)6)27-19(30)13-32-12-17-25-21(31)20-14-9-7-8-10-15(14)33-22(20)26-17/h11H,7-10,12-13H2,1-6H3,(H,27,30)(H,25,26,31). The molecule has 9 heteroatoms. The molecule has 0 aliphatic heterocycles. The largest absolute Gasteiger partial charge is 0.310 e. The van der Waals surface area contributed by atoms with Gasteiger partial charge in [0.15, 0.2) is 0 Å². The Hall–Kier alpha value is -2.13. The third-order valence-electron chi connectivity index (χ3n) is 5.73. The third-order valence-corrected chi connectivity index (χ3v) is 7.86. The van der Waals surface area contributed by atoms with Gasteiger partial charge in [0.1, 0.15) is 16.5 Å². The third kappa shape index (κ3) is 5.19. The summed E-state index contributed by atoms with van der Waals surface area (Å²) < 4.78 is 1.88. The molecule has 0 unspecified atom stereocenters. The van der Waals surface area contributed by atoms with E-state index in [1.54, 1.807) is 11.3 Å². The van der Waals surface area contributed by atoms with E-state index in [-0.39, 0.29) is 28.2 Å². The van der Waals surface area contributed by atoms with E-state index in [9.17, 15) is 9.59 Å². The van der Waals surface area contributed by atoms with Crippen LogP contribution in [0.15, 0.2) is 10.9 Å². The van der Waals surface area contributed by atoms with Crippen LogP contribution in [0, 0.1) is 0 Å². The number of thioether (sulfide) groups is 1. The van der Waals surface area contributed by atoms with E-state index in [1.807, 2.05) is 10.7 Å². The number of aromatic nitrogens is 4. The number of H-pyrrole nitrogens is 1. The summed E-state index contributed by atoms with van der Waals surface area (Å²) in [6, 6.07) is 1.96. The Kier molecular flexibility index (Phi) is 6.48. The molecule has 33 heavy (non-hydrogen) atoms. The zero-order chi connectivity index (χ0) is 24.0. The Morgan fingerprint density at radius 1 is 1.21 bits per heavy atom. The van der Waals surface area contributed by atoms with E-state index >= 15 is 0 Å². The molecule has 0 saturated heterocycles. The van der Waals surface area contributed by atoms with E-state index in [2.05, 4.69) is 51.8 Å². The maximum absolute atomic E-state index is 12.7. The number of thiophene rings is 1. The lowest BCUT2D eigenvalue weighted by Gasteiger charge is -2.23. The molecule has 3 heterocycles. The fraction of sp³-hybridized carbons (Fsp3) is 0.583. The summed E-state index contributed by atoms with van der Waals surface area (Å²) in [4.78, 5) is 35.2. The molecule has 0 spiro atoms. The first-order valence-corrected chi connectivity index (χ1v) is 13.4. The number of aromatic amines is 1. The second kappa shape index (κ2) is 8.91. The predicted octanol–water partition coefficient (Wildman–Crippen LogP) is 4.98. The summed E-state index contributed by atoms with van der Waals surface area (Å²) in [5.74, 6) is 1.98. The van der Waals surface area contributed by atoms with E-state index in [0.29, 0.717) is 17.4 Å². The molecule has 0 fully saturated rings. The van der Waals surface area contributed by atoms with Crippen molar-refractivity contribution in [1.82, 2.24) is 19.7 Å². The Balaban J connectivity index is 1.43. The van der Waals surface area contributed by atoms with Crippen LogP contribution >= 0.6 is 23.1 Å². The molecule has 0 radical (unpaired) electrons. The molecule has 0 bridgehead atoms. The lowest BCUT2D eigenvalue weighted by molar-refractivity contribution is -0.113. The van der Waals surface area contributed by atoms with E-state index in [0.717, 1.165) is 35.2 Å². The predicted molar refractivity (Wildman–Crippen MR) is 138 cm³/mol. The highest BCUT2D eigenvalue weighted by Crippen LogP contribution is 2.33. The number of hydrogen-bond donors (Lipinski definition) is 2. The fourth-order valence-electron chi connectivity index (χ4n) is 4.04. The number of rotatable bonds is 5. The molecule has 178 valence electrons. The van der Waals surface area contributed by atoms with Gasteiger partial charge in [0, 0.05) is 16.4 Å². The molecule has 0 aromatic carbocycles. The SMILES string of the molecule is CC(C)(C)c1cc(NC(=O)CSCc2nc3sc4c(c3c(=O)[nH]2)CCCC4)n(C(C)(C)C)n1. The molecule has 4 rings (SSSR count). The van der Waals surface area contributed by atoms with Crippen molar-refractivity contribution in [3.8, 4) is 0 Å². The van der Waals surface area contributed by atoms with Gasteiger partial charge in [0.2, 0.25) is 5.91 Å². The summed E-state index contributed by atoms with van der Waals surface area (Å²) in [5, 5.41) is 8.54. The average Bonchev–Trinajstić information content (AvgIpc) is 3.29. The number of amides is 1. The fourth-order valence-corrected chi connectivity index (χ4v) is 6.01.